The number of carbonyl (C=O) groups excluding carboxylic acids is 2. The van der Waals surface area contributed by atoms with Crippen molar-refractivity contribution in [2.45, 2.75) is 32.1 Å². The third-order valence-electron chi connectivity index (χ3n) is 5.20. The molecule has 1 aliphatic rings. The average molecular weight is 411 g/mol. The van der Waals surface area contributed by atoms with E-state index in [1.165, 1.54) is 0 Å². The monoisotopic (exact) mass is 411 g/mol. The number of amides is 1. The molecule has 0 heterocycles. The van der Waals surface area contributed by atoms with Crippen molar-refractivity contribution in [2.24, 2.45) is 0 Å². The molecule has 1 unspecified atom stereocenters. The summed E-state index contributed by atoms with van der Waals surface area (Å²) in [7, 11) is 0. The number of carbonyl (C=O) groups is 2. The Balaban J connectivity index is 1.44. The van der Waals surface area contributed by atoms with Crippen LogP contribution in [-0.4, -0.2) is 50.0 Å². The maximum absolute atomic E-state index is 12.6. The van der Waals surface area contributed by atoms with Gasteiger partial charge in [0.25, 0.3) is 0 Å². The largest absolute Gasteiger partial charge is 0.450 e. The van der Waals surface area contributed by atoms with Gasteiger partial charge in [0.05, 0.1) is 19.8 Å². The summed E-state index contributed by atoms with van der Waals surface area (Å²) >= 11 is 0. The van der Waals surface area contributed by atoms with Crippen LogP contribution < -0.4 is 5.32 Å². The SMILES string of the molecule is CCCOC(=O)NCCOCCCC(=O)c1ccc2c(c1)C(CO)c1ccccc1-2. The Morgan fingerprint density at radius 3 is 2.63 bits per heavy atom. The molecule has 3 rings (SSSR count). The molecule has 0 saturated heterocycles. The predicted molar refractivity (Wildman–Crippen MR) is 115 cm³/mol. The average Bonchev–Trinajstić information content (AvgIpc) is 3.09. The molecule has 160 valence electrons. The van der Waals surface area contributed by atoms with Gasteiger partial charge >= 0.3 is 6.09 Å². The van der Waals surface area contributed by atoms with E-state index in [9.17, 15) is 14.7 Å². The number of hydrogen-bond acceptors (Lipinski definition) is 5. The molecule has 0 spiro atoms. The summed E-state index contributed by atoms with van der Waals surface area (Å²) in [4.78, 5) is 23.9. The molecule has 2 N–H and O–H groups in total. The third kappa shape index (κ3) is 5.26. The fourth-order valence-corrected chi connectivity index (χ4v) is 3.73. The Morgan fingerprint density at radius 2 is 1.83 bits per heavy atom. The first-order valence-corrected chi connectivity index (χ1v) is 10.5. The Bertz CT molecular complexity index is 880. The molecule has 0 aliphatic heterocycles. The number of benzene rings is 2. The van der Waals surface area contributed by atoms with Crippen LogP contribution in [0.4, 0.5) is 4.79 Å². The highest BCUT2D eigenvalue weighted by Crippen LogP contribution is 2.44. The first kappa shape index (κ1) is 22.0. The molecule has 1 aliphatic carbocycles. The van der Waals surface area contributed by atoms with Gasteiger partial charge in [-0.2, -0.15) is 0 Å². The van der Waals surface area contributed by atoms with Gasteiger partial charge in [0.2, 0.25) is 0 Å². The Kier molecular flexibility index (Phi) is 7.99. The van der Waals surface area contributed by atoms with E-state index in [0.717, 1.165) is 28.7 Å². The second-order valence-electron chi connectivity index (χ2n) is 7.33. The number of Topliss-reactive ketones (excluding diaryl/α,β-unsaturated/α-hetero) is 1. The van der Waals surface area contributed by atoms with Gasteiger partial charge in [0.15, 0.2) is 5.78 Å². The number of hydrogen-bond donors (Lipinski definition) is 2. The first-order valence-electron chi connectivity index (χ1n) is 10.5. The van der Waals surface area contributed by atoms with Crippen molar-refractivity contribution in [2.75, 3.05) is 33.0 Å². The highest BCUT2D eigenvalue weighted by molar-refractivity contribution is 5.97. The molecule has 2 aromatic carbocycles. The van der Waals surface area contributed by atoms with E-state index in [1.807, 2.05) is 43.3 Å². The van der Waals surface area contributed by atoms with Crippen LogP contribution in [0.5, 0.6) is 0 Å². The fraction of sp³-hybridized carbons (Fsp3) is 0.417. The highest BCUT2D eigenvalue weighted by atomic mass is 16.5. The Morgan fingerprint density at radius 1 is 1.03 bits per heavy atom. The van der Waals surface area contributed by atoms with Crippen molar-refractivity contribution >= 4 is 11.9 Å². The molecule has 0 radical (unpaired) electrons. The Labute approximate surface area is 177 Å². The van der Waals surface area contributed by atoms with Crippen molar-refractivity contribution in [1.29, 1.82) is 0 Å². The van der Waals surface area contributed by atoms with Gasteiger partial charge < -0.3 is 19.9 Å². The summed E-state index contributed by atoms with van der Waals surface area (Å²) in [5.74, 6) is -0.0147. The van der Waals surface area contributed by atoms with Gasteiger partial charge in [-0.1, -0.05) is 43.3 Å². The second kappa shape index (κ2) is 10.9. The van der Waals surface area contributed by atoms with Crippen LogP contribution in [0.25, 0.3) is 11.1 Å². The van der Waals surface area contributed by atoms with Gasteiger partial charge in [-0.25, -0.2) is 4.79 Å². The molecule has 6 nitrogen and oxygen atoms in total. The van der Waals surface area contributed by atoms with Gasteiger partial charge in [-0.05, 0) is 41.2 Å². The molecule has 1 atom stereocenters. The van der Waals surface area contributed by atoms with E-state index >= 15 is 0 Å². The Hall–Kier alpha value is -2.70. The smallest absolute Gasteiger partial charge is 0.407 e. The maximum Gasteiger partial charge on any atom is 0.407 e. The summed E-state index contributed by atoms with van der Waals surface area (Å²) in [6.07, 6.45) is 1.35. The van der Waals surface area contributed by atoms with E-state index in [1.54, 1.807) is 0 Å². The van der Waals surface area contributed by atoms with Crippen LogP contribution in [0.15, 0.2) is 42.5 Å². The zero-order chi connectivity index (χ0) is 21.3. The number of rotatable bonds is 11. The van der Waals surface area contributed by atoms with Gasteiger partial charge in [-0.15, -0.1) is 0 Å². The van der Waals surface area contributed by atoms with Crippen LogP contribution in [0.1, 0.15) is 53.6 Å². The van der Waals surface area contributed by atoms with E-state index in [-0.39, 0.29) is 18.3 Å². The molecule has 30 heavy (non-hydrogen) atoms. The summed E-state index contributed by atoms with van der Waals surface area (Å²) in [6.45, 7) is 3.57. The molecule has 0 fully saturated rings. The molecule has 2 aromatic rings. The number of nitrogens with one attached hydrogen (secondary N) is 1. The van der Waals surface area contributed by atoms with Crippen LogP contribution in [0, 0.1) is 0 Å². The van der Waals surface area contributed by atoms with E-state index in [2.05, 4.69) is 11.4 Å². The van der Waals surface area contributed by atoms with Crippen molar-refractivity contribution in [3.8, 4) is 11.1 Å². The highest BCUT2D eigenvalue weighted by Gasteiger charge is 2.28. The lowest BCUT2D eigenvalue weighted by atomic mass is 9.95. The lowest BCUT2D eigenvalue weighted by Crippen LogP contribution is -2.28. The fourth-order valence-electron chi connectivity index (χ4n) is 3.73. The molecule has 0 aromatic heterocycles. The minimum atomic E-state index is -0.435. The van der Waals surface area contributed by atoms with Crippen molar-refractivity contribution in [1.82, 2.24) is 5.32 Å². The minimum absolute atomic E-state index is 0.0233. The molecular weight excluding hydrogens is 382 g/mol. The summed E-state index contributed by atoms with van der Waals surface area (Å²) in [6, 6.07) is 13.8. The van der Waals surface area contributed by atoms with Gasteiger partial charge in [-0.3, -0.25) is 4.79 Å². The van der Waals surface area contributed by atoms with Crippen LogP contribution in [0.2, 0.25) is 0 Å². The standard InChI is InChI=1S/C24H29NO5/c1-2-12-30-24(28)25-11-14-29-13-5-8-23(27)17-9-10-20-18-6-3-4-7-19(18)22(16-26)21(20)15-17/h3-4,6-7,9-10,15,22,26H,2,5,8,11-14,16H2,1H3,(H,25,28). The van der Waals surface area contributed by atoms with Crippen molar-refractivity contribution < 1.29 is 24.2 Å². The topological polar surface area (TPSA) is 84.9 Å². The van der Waals surface area contributed by atoms with Crippen molar-refractivity contribution in [3.63, 3.8) is 0 Å². The summed E-state index contributed by atoms with van der Waals surface area (Å²) < 4.78 is 10.4. The number of aliphatic hydroxyl groups is 1. The number of ketones is 1. The maximum atomic E-state index is 12.6. The van der Waals surface area contributed by atoms with E-state index < -0.39 is 6.09 Å². The van der Waals surface area contributed by atoms with Crippen LogP contribution in [-0.2, 0) is 9.47 Å². The number of aliphatic hydroxyl groups excluding tert-OH is 1. The minimum Gasteiger partial charge on any atom is -0.450 e. The summed E-state index contributed by atoms with van der Waals surface area (Å²) in [5, 5.41) is 12.5. The van der Waals surface area contributed by atoms with Gasteiger partial charge in [0, 0.05) is 31.1 Å². The molecular formula is C24H29NO5. The molecule has 0 saturated carbocycles. The molecule has 0 bridgehead atoms. The van der Waals surface area contributed by atoms with Crippen LogP contribution in [0.3, 0.4) is 0 Å². The summed E-state index contributed by atoms with van der Waals surface area (Å²) in [5.41, 5.74) is 5.02. The van der Waals surface area contributed by atoms with Gasteiger partial charge in [0.1, 0.15) is 0 Å². The normalized spacial score (nSPS) is 14.1. The third-order valence-corrected chi connectivity index (χ3v) is 5.20. The number of ether oxygens (including phenoxy) is 2. The predicted octanol–water partition coefficient (Wildman–Crippen LogP) is 3.91. The number of fused-ring (bicyclic) bond motifs is 3. The number of alkyl carbamates (subject to hydrolysis) is 1. The quantitative estimate of drug-likeness (QED) is 0.433. The van der Waals surface area contributed by atoms with E-state index in [4.69, 9.17) is 9.47 Å². The van der Waals surface area contributed by atoms with Crippen molar-refractivity contribution in [3.05, 3.63) is 59.2 Å². The molecule has 6 heteroatoms. The lowest BCUT2D eigenvalue weighted by molar-refractivity contribution is 0.0936. The zero-order valence-electron chi connectivity index (χ0n) is 17.4. The zero-order valence-corrected chi connectivity index (χ0v) is 17.4. The van der Waals surface area contributed by atoms with E-state index in [0.29, 0.717) is 44.8 Å². The lowest BCUT2D eigenvalue weighted by Gasteiger charge is -2.11. The second-order valence-corrected chi connectivity index (χ2v) is 7.33. The molecule has 1 amide bonds. The first-order chi connectivity index (χ1) is 14.7. The van der Waals surface area contributed by atoms with Crippen LogP contribution >= 0.6 is 0 Å².